The molecule has 11 heteroatoms. The van der Waals surface area contributed by atoms with Gasteiger partial charge in [-0.1, -0.05) is 25.7 Å². The van der Waals surface area contributed by atoms with Gasteiger partial charge in [0.1, 0.15) is 5.82 Å². The molecule has 0 saturated carbocycles. The van der Waals surface area contributed by atoms with Gasteiger partial charge in [0.05, 0.1) is 11.1 Å². The first-order chi connectivity index (χ1) is 17.2. The Labute approximate surface area is 204 Å². The summed E-state index contributed by atoms with van der Waals surface area (Å²) in [6, 6.07) is 5.03. The van der Waals surface area contributed by atoms with E-state index < -0.39 is 4.92 Å². The van der Waals surface area contributed by atoms with E-state index >= 15 is 0 Å². The van der Waals surface area contributed by atoms with Crippen LogP contribution in [0.1, 0.15) is 56.9 Å². The molecule has 5 rings (SSSR count). The second kappa shape index (κ2) is 10.7. The van der Waals surface area contributed by atoms with E-state index in [1.54, 1.807) is 6.07 Å². The molecular formula is C24H31N7O4. The number of aromatic nitrogens is 2. The van der Waals surface area contributed by atoms with Crippen LogP contribution in [0.15, 0.2) is 23.3 Å². The minimum Gasteiger partial charge on any atom is -0.453 e. The Morgan fingerprint density at radius 2 is 1.60 bits per heavy atom. The quantitative estimate of drug-likeness (QED) is 0.365. The average molecular weight is 482 g/mol. The Morgan fingerprint density at radius 3 is 2.29 bits per heavy atom. The lowest BCUT2D eigenvalue weighted by Crippen LogP contribution is -2.29. The molecule has 0 atom stereocenters. The van der Waals surface area contributed by atoms with Crippen LogP contribution in [0, 0.1) is 10.1 Å². The summed E-state index contributed by atoms with van der Waals surface area (Å²) >= 11 is 0. The number of fused-ring (bicyclic) bond motifs is 1. The van der Waals surface area contributed by atoms with Crippen molar-refractivity contribution in [2.24, 2.45) is 5.10 Å². The van der Waals surface area contributed by atoms with Gasteiger partial charge in [-0.3, -0.25) is 15.5 Å². The third kappa shape index (κ3) is 5.55. The maximum Gasteiger partial charge on any atom is 0.315 e. The van der Waals surface area contributed by atoms with Crippen LogP contribution in [0.3, 0.4) is 0 Å². The molecule has 1 N–H and O–H groups in total. The van der Waals surface area contributed by atoms with Crippen molar-refractivity contribution in [3.8, 4) is 11.5 Å². The highest BCUT2D eigenvalue weighted by atomic mass is 16.7. The zero-order chi connectivity index (χ0) is 24.0. The lowest BCUT2D eigenvalue weighted by Gasteiger charge is -2.25. The van der Waals surface area contributed by atoms with E-state index in [4.69, 9.17) is 19.4 Å². The van der Waals surface area contributed by atoms with Gasteiger partial charge in [0, 0.05) is 43.9 Å². The number of rotatable bonds is 6. The molecule has 0 unspecified atom stereocenters. The number of hydrazone groups is 1. The molecule has 11 nitrogen and oxygen atoms in total. The molecule has 0 spiro atoms. The molecule has 3 aliphatic heterocycles. The first-order valence-electron chi connectivity index (χ1n) is 12.4. The molecule has 1 aromatic heterocycles. The van der Waals surface area contributed by atoms with Gasteiger partial charge in [-0.2, -0.15) is 15.1 Å². The van der Waals surface area contributed by atoms with Crippen LogP contribution < -0.4 is 24.7 Å². The zero-order valence-corrected chi connectivity index (χ0v) is 19.8. The van der Waals surface area contributed by atoms with Gasteiger partial charge >= 0.3 is 5.69 Å². The Balaban J connectivity index is 1.39. The maximum atomic E-state index is 11.4. The van der Waals surface area contributed by atoms with E-state index in [0.717, 1.165) is 63.6 Å². The van der Waals surface area contributed by atoms with Crippen LogP contribution in [-0.4, -0.2) is 54.1 Å². The smallest absolute Gasteiger partial charge is 0.315 e. The van der Waals surface area contributed by atoms with E-state index in [1.807, 2.05) is 6.07 Å². The molecule has 35 heavy (non-hydrogen) atoms. The summed E-state index contributed by atoms with van der Waals surface area (Å²) in [5, 5.41) is 15.7. The van der Waals surface area contributed by atoms with Crippen molar-refractivity contribution in [1.82, 2.24) is 9.97 Å². The first kappa shape index (κ1) is 23.1. The fraction of sp³-hybridized carbons (Fsp3) is 0.542. The molecule has 2 aromatic rings. The highest BCUT2D eigenvalue weighted by Crippen LogP contribution is 2.41. The first-order valence-corrected chi connectivity index (χ1v) is 12.4. The van der Waals surface area contributed by atoms with Gasteiger partial charge in [-0.25, -0.2) is 0 Å². The molecule has 4 heterocycles. The largest absolute Gasteiger partial charge is 0.453 e. The minimum absolute atomic E-state index is 0.0332. The van der Waals surface area contributed by atoms with Gasteiger partial charge in [-0.05, 0) is 31.7 Å². The Bertz CT molecular complexity index is 1040. The number of nitro groups is 1. The van der Waals surface area contributed by atoms with Crippen molar-refractivity contribution in [3.05, 3.63) is 33.9 Å². The van der Waals surface area contributed by atoms with E-state index in [0.29, 0.717) is 17.1 Å². The fourth-order valence-electron chi connectivity index (χ4n) is 4.75. The summed E-state index contributed by atoms with van der Waals surface area (Å²) in [6.07, 6.45) is 11.1. The summed E-state index contributed by atoms with van der Waals surface area (Å²) < 4.78 is 10.6. The maximum absolute atomic E-state index is 11.4. The summed E-state index contributed by atoms with van der Waals surface area (Å²) in [5.41, 5.74) is 3.41. The van der Waals surface area contributed by atoms with Crippen LogP contribution in [0.5, 0.6) is 11.5 Å². The number of anilines is 3. The molecule has 0 amide bonds. The van der Waals surface area contributed by atoms with Gasteiger partial charge in [0.15, 0.2) is 11.6 Å². The topological polar surface area (TPSA) is 118 Å². The lowest BCUT2D eigenvalue weighted by atomic mass is 10.2. The van der Waals surface area contributed by atoms with Crippen molar-refractivity contribution < 1.29 is 14.4 Å². The van der Waals surface area contributed by atoms with E-state index in [9.17, 15) is 10.1 Å². The molecule has 2 saturated heterocycles. The second-order valence-corrected chi connectivity index (χ2v) is 9.11. The number of ether oxygens (including phenoxy) is 2. The highest BCUT2D eigenvalue weighted by Gasteiger charge is 2.26. The van der Waals surface area contributed by atoms with Crippen molar-refractivity contribution in [3.63, 3.8) is 0 Å². The highest BCUT2D eigenvalue weighted by molar-refractivity contribution is 5.84. The van der Waals surface area contributed by atoms with Crippen LogP contribution in [0.25, 0.3) is 0 Å². The second-order valence-electron chi connectivity index (χ2n) is 9.11. The lowest BCUT2D eigenvalue weighted by molar-refractivity contribution is -0.385. The molecule has 0 aliphatic carbocycles. The number of nitro benzene ring substituents is 1. The van der Waals surface area contributed by atoms with Gasteiger partial charge in [-0.15, -0.1) is 0 Å². The summed E-state index contributed by atoms with van der Waals surface area (Å²) in [4.78, 5) is 25.2. The zero-order valence-electron chi connectivity index (χ0n) is 19.8. The molecule has 186 valence electrons. The van der Waals surface area contributed by atoms with Crippen molar-refractivity contribution in [1.29, 1.82) is 0 Å². The van der Waals surface area contributed by atoms with Gasteiger partial charge in [0.25, 0.3) is 0 Å². The monoisotopic (exact) mass is 481 g/mol. The third-order valence-corrected chi connectivity index (χ3v) is 6.58. The number of benzene rings is 1. The predicted octanol–water partition coefficient (Wildman–Crippen LogP) is 4.32. The normalized spacial score (nSPS) is 18.4. The molecule has 0 bridgehead atoms. The minimum atomic E-state index is -0.483. The van der Waals surface area contributed by atoms with E-state index in [-0.39, 0.29) is 18.2 Å². The number of nitrogens with zero attached hydrogens (tertiary/aromatic N) is 6. The standard InChI is InChI=1S/C24H31N7O4/c32-31(33)19-13-18(14-20-23(19)35-17-34-20)16-25-28-21-15-22(29-9-5-1-2-6-10-29)27-24(26-21)30-11-7-3-4-8-12-30/h13-16H,1-12,17H2,(H,26,27,28)/b25-16-. The molecule has 3 aliphatic rings. The van der Waals surface area contributed by atoms with Crippen molar-refractivity contribution in [2.75, 3.05) is 48.2 Å². The molecule has 2 fully saturated rings. The average Bonchev–Trinajstić information content (AvgIpc) is 3.05. The van der Waals surface area contributed by atoms with Gasteiger partial charge < -0.3 is 19.3 Å². The Kier molecular flexibility index (Phi) is 7.10. The van der Waals surface area contributed by atoms with Crippen LogP contribution >= 0.6 is 0 Å². The van der Waals surface area contributed by atoms with Crippen LogP contribution in [0.4, 0.5) is 23.3 Å². The number of nitrogens with one attached hydrogen (secondary N) is 1. The van der Waals surface area contributed by atoms with Crippen LogP contribution in [0.2, 0.25) is 0 Å². The predicted molar refractivity (Wildman–Crippen MR) is 134 cm³/mol. The van der Waals surface area contributed by atoms with E-state index in [2.05, 4.69) is 20.3 Å². The summed E-state index contributed by atoms with van der Waals surface area (Å²) in [7, 11) is 0. The Hall–Kier alpha value is -3.63. The molecule has 0 radical (unpaired) electrons. The van der Waals surface area contributed by atoms with Gasteiger partial charge in [0.2, 0.25) is 18.5 Å². The summed E-state index contributed by atoms with van der Waals surface area (Å²) in [6.45, 7) is 3.84. The van der Waals surface area contributed by atoms with Crippen molar-refractivity contribution in [2.45, 2.75) is 51.4 Å². The SMILES string of the molecule is O=[N+]([O-])c1cc(/C=N\Nc2cc(N3CCCCCC3)nc(N3CCCCCC3)n2)cc2c1OCO2. The third-order valence-electron chi connectivity index (χ3n) is 6.58. The Morgan fingerprint density at radius 1 is 0.914 bits per heavy atom. The fourth-order valence-corrected chi connectivity index (χ4v) is 4.75. The molecular weight excluding hydrogens is 450 g/mol. The number of hydrogen-bond donors (Lipinski definition) is 1. The number of hydrogen-bond acceptors (Lipinski definition) is 10. The molecule has 1 aromatic carbocycles. The van der Waals surface area contributed by atoms with Crippen LogP contribution in [-0.2, 0) is 0 Å². The van der Waals surface area contributed by atoms with Crippen molar-refractivity contribution >= 4 is 29.5 Å². The summed E-state index contributed by atoms with van der Waals surface area (Å²) in [5.74, 6) is 2.74. The van der Waals surface area contributed by atoms with E-state index in [1.165, 1.54) is 38.0 Å².